The van der Waals surface area contributed by atoms with Crippen molar-refractivity contribution in [3.63, 3.8) is 0 Å². The van der Waals surface area contributed by atoms with Gasteiger partial charge < -0.3 is 9.64 Å². The predicted molar refractivity (Wildman–Crippen MR) is 134 cm³/mol. The largest absolute Gasteiger partial charge is 0.462 e. The Morgan fingerprint density at radius 1 is 0.853 bits per heavy atom. The average Bonchev–Trinajstić information content (AvgIpc) is 3.22. The van der Waals surface area contributed by atoms with Crippen LogP contribution in [0.3, 0.4) is 0 Å². The topological polar surface area (TPSA) is 59.7 Å². The minimum atomic E-state index is -0.406. The number of carbonyl (C=O) groups is 1. The first-order chi connectivity index (χ1) is 16.7. The Labute approximate surface area is 198 Å². The third-order valence-corrected chi connectivity index (χ3v) is 5.62. The van der Waals surface area contributed by atoms with Crippen LogP contribution in [0.4, 0.5) is 17.1 Å². The molecule has 34 heavy (non-hydrogen) atoms. The van der Waals surface area contributed by atoms with E-state index in [1.54, 1.807) is 24.6 Å². The third-order valence-electron chi connectivity index (χ3n) is 5.62. The standard InChI is InChI=1S/C28H24N4O2/c1-3-34-28(33)26-20(2)30-32-25(18-19-29-27(26)32)21-14-16-24(17-15-21)31(22-10-6-4-7-11-22)23-12-8-5-9-13-23/h4-19H,3H2,1-2H3. The molecule has 0 radical (unpaired) electrons. The van der Waals surface area contributed by atoms with E-state index in [0.717, 1.165) is 28.3 Å². The SMILES string of the molecule is CCOC(=O)c1c(C)nn2c(-c3ccc(N(c4ccccc4)c4ccccc4)cc3)ccnc12. The lowest BCUT2D eigenvalue weighted by atomic mass is 10.1. The van der Waals surface area contributed by atoms with Crippen LogP contribution in [0, 0.1) is 6.92 Å². The highest BCUT2D eigenvalue weighted by Crippen LogP contribution is 2.35. The number of aromatic nitrogens is 3. The summed E-state index contributed by atoms with van der Waals surface area (Å²) in [5, 5.41) is 4.59. The van der Waals surface area contributed by atoms with Crippen LogP contribution in [0.5, 0.6) is 0 Å². The van der Waals surface area contributed by atoms with E-state index in [4.69, 9.17) is 4.74 Å². The summed E-state index contributed by atoms with van der Waals surface area (Å²) in [5.74, 6) is -0.406. The minimum Gasteiger partial charge on any atom is -0.462 e. The maximum absolute atomic E-state index is 12.5. The van der Waals surface area contributed by atoms with Crippen molar-refractivity contribution in [1.82, 2.24) is 14.6 Å². The molecule has 5 rings (SSSR count). The summed E-state index contributed by atoms with van der Waals surface area (Å²) in [4.78, 5) is 19.1. The molecule has 3 aromatic carbocycles. The van der Waals surface area contributed by atoms with E-state index in [0.29, 0.717) is 23.5 Å². The maximum Gasteiger partial charge on any atom is 0.343 e. The van der Waals surface area contributed by atoms with Gasteiger partial charge in [0.25, 0.3) is 0 Å². The van der Waals surface area contributed by atoms with Crippen molar-refractivity contribution in [2.75, 3.05) is 11.5 Å². The van der Waals surface area contributed by atoms with Gasteiger partial charge in [-0.2, -0.15) is 5.10 Å². The van der Waals surface area contributed by atoms with E-state index in [1.165, 1.54) is 0 Å². The molecule has 0 aliphatic rings. The zero-order valence-corrected chi connectivity index (χ0v) is 19.1. The second-order valence-corrected chi connectivity index (χ2v) is 7.80. The third kappa shape index (κ3) is 3.90. The Bertz CT molecular complexity index is 1390. The summed E-state index contributed by atoms with van der Waals surface area (Å²) in [7, 11) is 0. The average molecular weight is 449 g/mol. The van der Waals surface area contributed by atoms with E-state index in [2.05, 4.69) is 63.5 Å². The van der Waals surface area contributed by atoms with Crippen LogP contribution >= 0.6 is 0 Å². The number of nitrogens with zero attached hydrogens (tertiary/aromatic N) is 4. The zero-order chi connectivity index (χ0) is 23.5. The van der Waals surface area contributed by atoms with Crippen molar-refractivity contribution in [3.8, 4) is 11.3 Å². The number of hydrogen-bond donors (Lipinski definition) is 0. The molecule has 6 nitrogen and oxygen atoms in total. The van der Waals surface area contributed by atoms with Gasteiger partial charge in [-0.3, -0.25) is 0 Å². The van der Waals surface area contributed by atoms with Gasteiger partial charge in [0.15, 0.2) is 5.65 Å². The van der Waals surface area contributed by atoms with Crippen LogP contribution in [0.15, 0.2) is 97.2 Å². The molecule has 0 unspecified atom stereocenters. The lowest BCUT2D eigenvalue weighted by Gasteiger charge is -2.25. The van der Waals surface area contributed by atoms with E-state index in [-0.39, 0.29) is 0 Å². The number of benzene rings is 3. The summed E-state index contributed by atoms with van der Waals surface area (Å²) in [6.07, 6.45) is 1.70. The number of fused-ring (bicyclic) bond motifs is 1. The van der Waals surface area contributed by atoms with Crippen LogP contribution in [0.2, 0.25) is 0 Å². The lowest BCUT2D eigenvalue weighted by molar-refractivity contribution is 0.0527. The molecule has 0 N–H and O–H groups in total. The molecule has 2 aromatic heterocycles. The first kappa shape index (κ1) is 21.4. The summed E-state index contributed by atoms with van der Waals surface area (Å²) < 4.78 is 6.92. The molecule has 0 aliphatic carbocycles. The minimum absolute atomic E-state index is 0.302. The molecular formula is C28H24N4O2. The van der Waals surface area contributed by atoms with Crippen molar-refractivity contribution in [2.24, 2.45) is 0 Å². The van der Waals surface area contributed by atoms with Gasteiger partial charge in [-0.15, -0.1) is 0 Å². The number of anilines is 3. The maximum atomic E-state index is 12.5. The fourth-order valence-electron chi connectivity index (χ4n) is 4.09. The number of hydrogen-bond acceptors (Lipinski definition) is 5. The summed E-state index contributed by atoms with van der Waals surface area (Å²) >= 11 is 0. The van der Waals surface area contributed by atoms with Crippen molar-refractivity contribution >= 4 is 28.7 Å². The molecule has 168 valence electrons. The Kier molecular flexibility index (Phi) is 5.79. The van der Waals surface area contributed by atoms with E-state index in [9.17, 15) is 4.79 Å². The quantitative estimate of drug-likeness (QED) is 0.283. The Hall–Kier alpha value is -4.45. The first-order valence-corrected chi connectivity index (χ1v) is 11.2. The van der Waals surface area contributed by atoms with Crippen molar-refractivity contribution in [2.45, 2.75) is 13.8 Å². The van der Waals surface area contributed by atoms with Crippen molar-refractivity contribution in [1.29, 1.82) is 0 Å². The molecule has 0 atom stereocenters. The lowest BCUT2D eigenvalue weighted by Crippen LogP contribution is -2.09. The van der Waals surface area contributed by atoms with E-state index in [1.807, 2.05) is 42.5 Å². The molecular weight excluding hydrogens is 424 g/mol. The highest BCUT2D eigenvalue weighted by atomic mass is 16.5. The van der Waals surface area contributed by atoms with Crippen LogP contribution in [0.25, 0.3) is 16.9 Å². The van der Waals surface area contributed by atoms with Crippen LogP contribution in [-0.2, 0) is 4.74 Å². The van der Waals surface area contributed by atoms with Gasteiger partial charge in [-0.05, 0) is 56.3 Å². The molecule has 0 spiro atoms. The molecule has 5 aromatic rings. The first-order valence-electron chi connectivity index (χ1n) is 11.2. The van der Waals surface area contributed by atoms with Gasteiger partial charge in [0.2, 0.25) is 0 Å². The molecule has 6 heteroatoms. The molecule has 0 amide bonds. The van der Waals surface area contributed by atoms with E-state index >= 15 is 0 Å². The highest BCUT2D eigenvalue weighted by molar-refractivity contribution is 5.97. The van der Waals surface area contributed by atoms with Crippen molar-refractivity contribution in [3.05, 3.63) is 108 Å². The highest BCUT2D eigenvalue weighted by Gasteiger charge is 2.21. The van der Waals surface area contributed by atoms with Gasteiger partial charge in [0, 0.05) is 28.8 Å². The Morgan fingerprint density at radius 3 is 2.03 bits per heavy atom. The van der Waals surface area contributed by atoms with Crippen LogP contribution < -0.4 is 4.90 Å². The van der Waals surface area contributed by atoms with Gasteiger partial charge >= 0.3 is 5.97 Å². The molecule has 0 aliphatic heterocycles. The normalized spacial score (nSPS) is 10.9. The molecule has 0 bridgehead atoms. The molecule has 0 saturated heterocycles. The van der Waals surface area contributed by atoms with Crippen molar-refractivity contribution < 1.29 is 9.53 Å². The fraction of sp³-hybridized carbons (Fsp3) is 0.107. The monoisotopic (exact) mass is 448 g/mol. The number of para-hydroxylation sites is 2. The fourth-order valence-corrected chi connectivity index (χ4v) is 4.09. The van der Waals surface area contributed by atoms with Gasteiger partial charge in [0.05, 0.1) is 18.0 Å². The summed E-state index contributed by atoms with van der Waals surface area (Å²) in [5.41, 5.74) is 6.50. The Balaban J connectivity index is 1.57. The van der Waals surface area contributed by atoms with Gasteiger partial charge in [-0.25, -0.2) is 14.3 Å². The number of aryl methyl sites for hydroxylation is 1. The van der Waals surface area contributed by atoms with Gasteiger partial charge in [-0.1, -0.05) is 48.5 Å². The summed E-state index contributed by atoms with van der Waals surface area (Å²) in [6.45, 7) is 3.88. The Morgan fingerprint density at radius 2 is 1.44 bits per heavy atom. The molecule has 0 saturated carbocycles. The van der Waals surface area contributed by atoms with Gasteiger partial charge in [0.1, 0.15) is 5.56 Å². The van der Waals surface area contributed by atoms with Crippen LogP contribution in [0.1, 0.15) is 23.0 Å². The second-order valence-electron chi connectivity index (χ2n) is 7.80. The smallest absolute Gasteiger partial charge is 0.343 e. The molecule has 2 heterocycles. The van der Waals surface area contributed by atoms with Crippen LogP contribution in [-0.4, -0.2) is 27.2 Å². The number of ether oxygens (including phenoxy) is 1. The predicted octanol–water partition coefficient (Wildman–Crippen LogP) is 6.35. The summed E-state index contributed by atoms with van der Waals surface area (Å²) in [6, 6.07) is 30.7. The molecule has 0 fully saturated rings. The number of carbonyl (C=O) groups excluding carboxylic acids is 1. The number of rotatable bonds is 6. The zero-order valence-electron chi connectivity index (χ0n) is 19.1. The number of esters is 1. The van der Waals surface area contributed by atoms with E-state index < -0.39 is 5.97 Å². The second kappa shape index (κ2) is 9.19.